The van der Waals surface area contributed by atoms with Crippen molar-refractivity contribution in [2.45, 2.75) is 68.2 Å². The second-order valence-corrected chi connectivity index (χ2v) is 2.90. The van der Waals surface area contributed by atoms with Crippen molar-refractivity contribution in [2.24, 2.45) is 11.8 Å². The average molecular weight is 174 g/mol. The van der Waals surface area contributed by atoms with E-state index in [4.69, 9.17) is 0 Å². The summed E-state index contributed by atoms with van der Waals surface area (Å²) < 4.78 is 0. The fourth-order valence-electron chi connectivity index (χ4n) is 0.508. The molecule has 1 saturated carbocycles. The largest absolute Gasteiger partial charge is 0.0683 e. The summed E-state index contributed by atoms with van der Waals surface area (Å²) in [6.07, 6.45) is 2.72. The maximum Gasteiger partial charge on any atom is -0.0414 e. The van der Waals surface area contributed by atoms with Gasteiger partial charge >= 0.3 is 0 Å². The van der Waals surface area contributed by atoms with E-state index in [0.29, 0.717) is 0 Å². The smallest absolute Gasteiger partial charge is 0.0414 e. The molecule has 1 aliphatic carbocycles. The molecule has 78 valence electrons. The van der Waals surface area contributed by atoms with Crippen molar-refractivity contribution in [3.05, 3.63) is 0 Å². The van der Waals surface area contributed by atoms with E-state index in [1.165, 1.54) is 12.8 Å². The first-order valence-electron chi connectivity index (χ1n) is 5.72. The Bertz CT molecular complexity index is 42.0. The van der Waals surface area contributed by atoms with E-state index < -0.39 is 0 Å². The van der Waals surface area contributed by atoms with Gasteiger partial charge in [0.25, 0.3) is 0 Å². The van der Waals surface area contributed by atoms with Gasteiger partial charge in [0.2, 0.25) is 0 Å². The third-order valence-corrected chi connectivity index (χ3v) is 1.51. The average Bonchev–Trinajstić information content (AvgIpc) is 2.74. The molecule has 0 bridgehead atoms. The van der Waals surface area contributed by atoms with Gasteiger partial charge in [-0.3, -0.25) is 0 Å². The summed E-state index contributed by atoms with van der Waals surface area (Å²) in [5.41, 5.74) is 0. The molecule has 2 atom stereocenters. The molecule has 2 unspecified atom stereocenters. The Kier molecular flexibility index (Phi) is 25.7. The van der Waals surface area contributed by atoms with Crippen LogP contribution >= 0.6 is 0 Å². The second-order valence-electron chi connectivity index (χ2n) is 2.90. The Labute approximate surface area is 80.8 Å². The summed E-state index contributed by atoms with van der Waals surface area (Å²) in [7, 11) is 0. The van der Waals surface area contributed by atoms with Gasteiger partial charge in [-0.1, -0.05) is 61.8 Å². The van der Waals surface area contributed by atoms with E-state index in [-0.39, 0.29) is 0 Å². The van der Waals surface area contributed by atoms with Crippen molar-refractivity contribution < 1.29 is 0 Å². The van der Waals surface area contributed by atoms with E-state index in [2.05, 4.69) is 27.7 Å². The summed E-state index contributed by atoms with van der Waals surface area (Å²) >= 11 is 0. The first kappa shape index (κ1) is 17.9. The lowest BCUT2D eigenvalue weighted by atomic mass is 10.4. The summed E-state index contributed by atoms with van der Waals surface area (Å²) in [5, 5.41) is 0. The molecule has 1 rings (SSSR count). The molecular formula is C12H30. The number of hydrogen-bond acceptors (Lipinski definition) is 0. The van der Waals surface area contributed by atoms with Crippen LogP contribution in [0.5, 0.6) is 0 Å². The molecule has 0 aliphatic heterocycles. The number of hydrogen-bond donors (Lipinski definition) is 0. The monoisotopic (exact) mass is 174 g/mol. The van der Waals surface area contributed by atoms with Crippen LogP contribution in [0.1, 0.15) is 68.2 Å². The van der Waals surface area contributed by atoms with Crippen molar-refractivity contribution in [3.63, 3.8) is 0 Å². The highest BCUT2D eigenvalue weighted by Crippen LogP contribution is 2.36. The molecule has 0 heteroatoms. The van der Waals surface area contributed by atoms with Crippen molar-refractivity contribution in [1.29, 1.82) is 0 Å². The van der Waals surface area contributed by atoms with Crippen LogP contribution in [0.3, 0.4) is 0 Å². The molecule has 0 amide bonds. The van der Waals surface area contributed by atoms with Crippen LogP contribution in [0.2, 0.25) is 0 Å². The molecule has 0 saturated heterocycles. The predicted molar refractivity (Wildman–Crippen MR) is 61.6 cm³/mol. The Morgan fingerprint density at radius 3 is 0.917 bits per heavy atom. The molecule has 12 heavy (non-hydrogen) atoms. The van der Waals surface area contributed by atoms with E-state index >= 15 is 0 Å². The van der Waals surface area contributed by atoms with Crippen LogP contribution in [0.25, 0.3) is 0 Å². The van der Waals surface area contributed by atoms with Gasteiger partial charge < -0.3 is 0 Å². The van der Waals surface area contributed by atoms with E-state index in [1.54, 1.807) is 0 Å². The molecular weight excluding hydrogens is 144 g/mol. The Hall–Kier alpha value is 0. The second kappa shape index (κ2) is 17.2. The van der Waals surface area contributed by atoms with Gasteiger partial charge in [0, 0.05) is 0 Å². The van der Waals surface area contributed by atoms with Crippen molar-refractivity contribution in [1.82, 2.24) is 0 Å². The van der Waals surface area contributed by atoms with Gasteiger partial charge in [-0.2, -0.15) is 0 Å². The topological polar surface area (TPSA) is 0 Å². The van der Waals surface area contributed by atoms with Crippen LogP contribution in [-0.4, -0.2) is 0 Å². The highest BCUT2D eigenvalue weighted by Gasteiger charge is 2.26. The Morgan fingerprint density at radius 2 is 0.917 bits per heavy atom. The van der Waals surface area contributed by atoms with Crippen molar-refractivity contribution >= 4 is 0 Å². The van der Waals surface area contributed by atoms with Crippen LogP contribution in [-0.2, 0) is 0 Å². The normalized spacial score (nSPS) is 23.0. The minimum Gasteiger partial charge on any atom is -0.0683 e. The maximum atomic E-state index is 2.30. The molecule has 0 aromatic rings. The predicted octanol–water partition coefficient (Wildman–Crippen LogP) is 5.13. The first-order valence-corrected chi connectivity index (χ1v) is 5.72. The zero-order valence-electron chi connectivity index (χ0n) is 10.6. The molecule has 1 fully saturated rings. The zero-order valence-corrected chi connectivity index (χ0v) is 10.6. The van der Waals surface area contributed by atoms with Gasteiger partial charge in [0.05, 0.1) is 0 Å². The molecule has 0 aromatic heterocycles. The highest BCUT2D eigenvalue weighted by molar-refractivity contribution is 4.76. The zero-order chi connectivity index (χ0) is 10.6. The molecule has 0 spiro atoms. The first-order chi connectivity index (χ1) is 5.72. The van der Waals surface area contributed by atoms with Crippen LogP contribution < -0.4 is 0 Å². The third-order valence-electron chi connectivity index (χ3n) is 1.51. The van der Waals surface area contributed by atoms with E-state index in [9.17, 15) is 0 Å². The fraction of sp³-hybridized carbons (Fsp3) is 1.00. The van der Waals surface area contributed by atoms with E-state index in [1.807, 2.05) is 27.7 Å². The summed E-state index contributed by atoms with van der Waals surface area (Å²) in [6, 6.07) is 0. The lowest BCUT2D eigenvalue weighted by Gasteiger charge is -1.66. The standard InChI is InChI=1S/C5H10.C3H8.2C2H6/c1-4-3-5(4)2;1-3-2;2*1-2/h4-5H,3H2,1-2H3;3H2,1-2H3;2*1-2H3. The summed E-state index contributed by atoms with van der Waals surface area (Å²) in [6.45, 7) is 16.8. The van der Waals surface area contributed by atoms with Gasteiger partial charge in [0.15, 0.2) is 0 Å². The minimum atomic E-state index is 1.05. The van der Waals surface area contributed by atoms with Gasteiger partial charge in [0.1, 0.15) is 0 Å². The number of rotatable bonds is 0. The Morgan fingerprint density at radius 1 is 0.833 bits per heavy atom. The third kappa shape index (κ3) is 22.5. The SMILES string of the molecule is CC.CC.CC1CC1C.CCC. The fourth-order valence-corrected chi connectivity index (χ4v) is 0.508. The Balaban J connectivity index is -0.000000102. The lowest BCUT2D eigenvalue weighted by Crippen LogP contribution is -1.58. The summed E-state index contributed by atoms with van der Waals surface area (Å²) in [4.78, 5) is 0. The van der Waals surface area contributed by atoms with Gasteiger partial charge in [-0.25, -0.2) is 0 Å². The summed E-state index contributed by atoms with van der Waals surface area (Å²) in [5.74, 6) is 2.10. The molecule has 0 heterocycles. The maximum absolute atomic E-state index is 2.30. The molecule has 1 aliphatic rings. The van der Waals surface area contributed by atoms with Crippen LogP contribution in [0.15, 0.2) is 0 Å². The quantitative estimate of drug-likeness (QED) is 0.477. The molecule has 0 aromatic carbocycles. The molecule has 0 nitrogen and oxygen atoms in total. The minimum absolute atomic E-state index is 1.05. The van der Waals surface area contributed by atoms with Gasteiger partial charge in [-0.05, 0) is 18.3 Å². The molecule has 0 radical (unpaired) electrons. The van der Waals surface area contributed by atoms with Crippen LogP contribution in [0, 0.1) is 11.8 Å². The van der Waals surface area contributed by atoms with Gasteiger partial charge in [-0.15, -0.1) is 0 Å². The van der Waals surface area contributed by atoms with E-state index in [0.717, 1.165) is 11.8 Å². The van der Waals surface area contributed by atoms with Crippen molar-refractivity contribution in [2.75, 3.05) is 0 Å². The molecule has 0 N–H and O–H groups in total. The van der Waals surface area contributed by atoms with Crippen molar-refractivity contribution in [3.8, 4) is 0 Å². The van der Waals surface area contributed by atoms with Crippen LogP contribution in [0.4, 0.5) is 0 Å². The lowest BCUT2D eigenvalue weighted by molar-refractivity contribution is 0.834. The highest BCUT2D eigenvalue weighted by atomic mass is 14.3.